The van der Waals surface area contributed by atoms with Crippen LogP contribution in [0.5, 0.6) is 0 Å². The van der Waals surface area contributed by atoms with E-state index in [0.717, 1.165) is 16.6 Å². The molecule has 0 aliphatic carbocycles. The van der Waals surface area contributed by atoms with Crippen molar-refractivity contribution in [3.63, 3.8) is 0 Å². The van der Waals surface area contributed by atoms with Gasteiger partial charge in [-0.1, -0.05) is 12.1 Å². The van der Waals surface area contributed by atoms with Crippen molar-refractivity contribution in [1.29, 1.82) is 0 Å². The van der Waals surface area contributed by atoms with Crippen LogP contribution in [0.2, 0.25) is 0 Å². The van der Waals surface area contributed by atoms with Gasteiger partial charge in [0, 0.05) is 18.3 Å². The Balaban J connectivity index is 2.07. The summed E-state index contributed by atoms with van der Waals surface area (Å²) in [4.78, 5) is -0.106. The Morgan fingerprint density at radius 1 is 1.08 bits per heavy atom. The molecule has 0 amide bonds. The summed E-state index contributed by atoms with van der Waals surface area (Å²) in [6, 6.07) is 7.69. The summed E-state index contributed by atoms with van der Waals surface area (Å²) in [5, 5.41) is 7.89. The van der Waals surface area contributed by atoms with Gasteiger partial charge >= 0.3 is 0 Å². The van der Waals surface area contributed by atoms with E-state index in [2.05, 4.69) is 5.32 Å². The molecule has 10 heteroatoms. The molecule has 24 heavy (non-hydrogen) atoms. The molecule has 0 radical (unpaired) electrons. The molecule has 2 aromatic rings. The van der Waals surface area contributed by atoms with Gasteiger partial charge in [-0.2, -0.15) is 0 Å². The molecule has 0 heterocycles. The van der Waals surface area contributed by atoms with Crippen molar-refractivity contribution in [1.82, 2.24) is 0 Å². The van der Waals surface area contributed by atoms with Gasteiger partial charge in [-0.15, -0.1) is 0 Å². The van der Waals surface area contributed by atoms with E-state index in [0.29, 0.717) is 0 Å². The summed E-state index contributed by atoms with van der Waals surface area (Å²) >= 11 is 5.85. The monoisotopic (exact) mass is 379 g/mol. The number of nitrogens with two attached hydrogens (primary N) is 1. The molecular formula is C14H13ClF3N3O2S. The van der Waals surface area contributed by atoms with E-state index in [1.807, 2.05) is 0 Å². The van der Waals surface area contributed by atoms with Gasteiger partial charge in [0.05, 0.1) is 17.9 Å². The van der Waals surface area contributed by atoms with Gasteiger partial charge in [0.2, 0.25) is 10.0 Å². The number of halogens is 4. The van der Waals surface area contributed by atoms with E-state index in [9.17, 15) is 21.6 Å². The standard InChI is InChI=1S/C14H13ClF3N3O2S/c15-21(11-6-5-9(16)13(17)14(11)18)8-7-20-10-3-1-2-4-12(10)24(19,22)23/h1-6,20H,7-8H2,(H2,19,22,23). The second kappa shape index (κ2) is 7.29. The summed E-state index contributed by atoms with van der Waals surface area (Å²) in [5.74, 6) is -4.35. The molecule has 0 bridgehead atoms. The second-order valence-electron chi connectivity index (χ2n) is 4.75. The van der Waals surface area contributed by atoms with E-state index < -0.39 is 27.5 Å². The number of anilines is 2. The van der Waals surface area contributed by atoms with E-state index in [-0.39, 0.29) is 29.4 Å². The lowest BCUT2D eigenvalue weighted by atomic mass is 10.2. The smallest absolute Gasteiger partial charge is 0.240 e. The van der Waals surface area contributed by atoms with E-state index in [1.165, 1.54) is 18.2 Å². The molecule has 0 fully saturated rings. The lowest BCUT2D eigenvalue weighted by Gasteiger charge is -2.18. The molecule has 2 aromatic carbocycles. The van der Waals surface area contributed by atoms with Crippen LogP contribution < -0.4 is 14.9 Å². The quantitative estimate of drug-likeness (QED) is 0.598. The first-order chi connectivity index (χ1) is 11.2. The van der Waals surface area contributed by atoms with Crippen molar-refractivity contribution in [3.8, 4) is 0 Å². The molecule has 0 aliphatic heterocycles. The topological polar surface area (TPSA) is 75.4 Å². The molecule has 130 valence electrons. The highest BCUT2D eigenvalue weighted by Gasteiger charge is 2.18. The molecule has 0 aliphatic rings. The first kappa shape index (κ1) is 18.4. The number of hydrogen-bond donors (Lipinski definition) is 2. The predicted octanol–water partition coefficient (Wildman–Crippen LogP) is 2.82. The number of para-hydroxylation sites is 1. The number of primary sulfonamides is 1. The van der Waals surface area contributed by atoms with Crippen molar-refractivity contribution in [2.24, 2.45) is 5.14 Å². The Morgan fingerprint density at radius 3 is 2.42 bits per heavy atom. The maximum Gasteiger partial charge on any atom is 0.240 e. The summed E-state index contributed by atoms with van der Waals surface area (Å²) in [5.41, 5.74) is -0.0899. The number of benzene rings is 2. The zero-order valence-electron chi connectivity index (χ0n) is 12.1. The van der Waals surface area contributed by atoms with Gasteiger partial charge in [0.1, 0.15) is 4.90 Å². The molecule has 0 saturated heterocycles. The number of nitrogens with one attached hydrogen (secondary N) is 1. The molecule has 3 N–H and O–H groups in total. The molecule has 5 nitrogen and oxygen atoms in total. The zero-order chi connectivity index (χ0) is 17.9. The number of rotatable bonds is 6. The second-order valence-corrected chi connectivity index (χ2v) is 6.69. The first-order valence-electron chi connectivity index (χ1n) is 6.64. The van der Waals surface area contributed by atoms with Gasteiger partial charge in [0.15, 0.2) is 17.5 Å². The van der Waals surface area contributed by atoms with Crippen LogP contribution in [0.3, 0.4) is 0 Å². The van der Waals surface area contributed by atoms with Crippen molar-refractivity contribution < 1.29 is 21.6 Å². The fourth-order valence-electron chi connectivity index (χ4n) is 1.97. The minimum Gasteiger partial charge on any atom is -0.382 e. The molecule has 0 unspecified atom stereocenters. The van der Waals surface area contributed by atoms with Crippen LogP contribution in [-0.4, -0.2) is 21.5 Å². The fraction of sp³-hybridized carbons (Fsp3) is 0.143. The van der Waals surface area contributed by atoms with Crippen LogP contribution >= 0.6 is 11.8 Å². The van der Waals surface area contributed by atoms with Crippen LogP contribution in [0.25, 0.3) is 0 Å². The van der Waals surface area contributed by atoms with Crippen LogP contribution in [0, 0.1) is 17.5 Å². The Kier molecular flexibility index (Phi) is 5.58. The van der Waals surface area contributed by atoms with Crippen molar-refractivity contribution in [2.45, 2.75) is 4.90 Å². The zero-order valence-corrected chi connectivity index (χ0v) is 13.7. The van der Waals surface area contributed by atoms with Crippen molar-refractivity contribution >= 4 is 33.2 Å². The molecular weight excluding hydrogens is 367 g/mol. The third kappa shape index (κ3) is 4.11. The van der Waals surface area contributed by atoms with Crippen LogP contribution in [-0.2, 0) is 10.0 Å². The van der Waals surface area contributed by atoms with Gasteiger partial charge < -0.3 is 5.32 Å². The third-order valence-electron chi connectivity index (χ3n) is 3.09. The Bertz CT molecular complexity index is 849. The fourth-order valence-corrected chi connectivity index (χ4v) is 2.90. The number of sulfonamides is 1. The highest BCUT2D eigenvalue weighted by atomic mass is 35.5. The summed E-state index contributed by atoms with van der Waals surface area (Å²) in [7, 11) is -3.91. The average Bonchev–Trinajstić information content (AvgIpc) is 2.52. The van der Waals surface area contributed by atoms with Gasteiger partial charge in [0.25, 0.3) is 0 Å². The summed E-state index contributed by atoms with van der Waals surface area (Å²) < 4.78 is 63.5. The minimum atomic E-state index is -3.91. The maximum absolute atomic E-state index is 13.6. The van der Waals surface area contributed by atoms with Gasteiger partial charge in [-0.05, 0) is 24.3 Å². The normalized spacial score (nSPS) is 11.4. The van der Waals surface area contributed by atoms with Crippen molar-refractivity contribution in [3.05, 3.63) is 53.8 Å². The summed E-state index contributed by atoms with van der Waals surface area (Å²) in [6.45, 7) is 0.0664. The lowest BCUT2D eigenvalue weighted by Crippen LogP contribution is -2.23. The molecule has 2 rings (SSSR count). The van der Waals surface area contributed by atoms with Crippen LogP contribution in [0.15, 0.2) is 41.3 Å². The van der Waals surface area contributed by atoms with E-state index in [1.54, 1.807) is 6.07 Å². The Morgan fingerprint density at radius 2 is 1.75 bits per heavy atom. The average molecular weight is 380 g/mol. The number of nitrogens with zero attached hydrogens (tertiary/aromatic N) is 1. The Hall–Kier alpha value is -1.97. The SMILES string of the molecule is NS(=O)(=O)c1ccccc1NCCN(Cl)c1ccc(F)c(F)c1F. The van der Waals surface area contributed by atoms with Crippen molar-refractivity contribution in [2.75, 3.05) is 22.8 Å². The van der Waals surface area contributed by atoms with Gasteiger partial charge in [-0.25, -0.2) is 26.7 Å². The molecule has 0 atom stereocenters. The maximum atomic E-state index is 13.6. The molecule has 0 saturated carbocycles. The predicted molar refractivity (Wildman–Crippen MR) is 85.8 cm³/mol. The highest BCUT2D eigenvalue weighted by molar-refractivity contribution is 7.89. The Labute approximate surface area is 142 Å². The lowest BCUT2D eigenvalue weighted by molar-refractivity contribution is 0.448. The summed E-state index contributed by atoms with van der Waals surface area (Å²) in [6.07, 6.45) is 0. The number of hydrogen-bond acceptors (Lipinski definition) is 4. The highest BCUT2D eigenvalue weighted by Crippen LogP contribution is 2.25. The van der Waals surface area contributed by atoms with Crippen LogP contribution in [0.1, 0.15) is 0 Å². The van der Waals surface area contributed by atoms with E-state index >= 15 is 0 Å². The first-order valence-corrected chi connectivity index (χ1v) is 8.52. The molecule has 0 spiro atoms. The van der Waals surface area contributed by atoms with E-state index in [4.69, 9.17) is 16.9 Å². The third-order valence-corrected chi connectivity index (χ3v) is 4.41. The van der Waals surface area contributed by atoms with Crippen LogP contribution in [0.4, 0.5) is 24.5 Å². The molecule has 0 aromatic heterocycles. The van der Waals surface area contributed by atoms with Gasteiger partial charge in [-0.3, -0.25) is 4.42 Å². The largest absolute Gasteiger partial charge is 0.382 e. The minimum absolute atomic E-state index is 0.0253.